The number of sulfonamides is 1. The summed E-state index contributed by atoms with van der Waals surface area (Å²) in [5.41, 5.74) is 2.70. The van der Waals surface area contributed by atoms with E-state index >= 15 is 0 Å². The molecule has 3 aromatic rings. The summed E-state index contributed by atoms with van der Waals surface area (Å²) in [6.45, 7) is 5.18. The van der Waals surface area contributed by atoms with Crippen LogP contribution in [0.5, 0.6) is 0 Å². The minimum atomic E-state index is -3.72. The molecule has 0 atom stereocenters. The standard InChI is InChI=1S/C24H26N2O5S2/c1-3-18-9-10-20(15-22(18)33(28,29)26-11-13-30-14-12-26)24(27)31-16-21-17(2)25-23(32-21)19-7-5-4-6-8-19/h4-10,15H,3,11-14,16H2,1-2H3. The Labute approximate surface area is 198 Å². The number of ether oxygens (including phenoxy) is 2. The van der Waals surface area contributed by atoms with Gasteiger partial charge in [-0.15, -0.1) is 11.3 Å². The fourth-order valence-corrected chi connectivity index (χ4v) is 6.33. The van der Waals surface area contributed by atoms with E-state index < -0.39 is 16.0 Å². The topological polar surface area (TPSA) is 85.8 Å². The quantitative estimate of drug-likeness (QED) is 0.468. The molecule has 0 amide bonds. The van der Waals surface area contributed by atoms with Crippen LogP contribution in [0.1, 0.15) is 33.4 Å². The van der Waals surface area contributed by atoms with Crippen LogP contribution >= 0.6 is 11.3 Å². The van der Waals surface area contributed by atoms with Gasteiger partial charge in [-0.1, -0.05) is 43.3 Å². The van der Waals surface area contributed by atoms with Crippen LogP contribution in [0.3, 0.4) is 0 Å². The molecule has 0 bridgehead atoms. The molecule has 9 heteroatoms. The number of carbonyl (C=O) groups excluding carboxylic acids is 1. The van der Waals surface area contributed by atoms with Crippen LogP contribution in [0.4, 0.5) is 0 Å². The third kappa shape index (κ3) is 5.16. The second-order valence-corrected chi connectivity index (χ2v) is 10.7. The van der Waals surface area contributed by atoms with Crippen LogP contribution in [0.15, 0.2) is 53.4 Å². The van der Waals surface area contributed by atoms with Crippen molar-refractivity contribution in [3.63, 3.8) is 0 Å². The molecular weight excluding hydrogens is 460 g/mol. The summed E-state index contributed by atoms with van der Waals surface area (Å²) in [5.74, 6) is -0.565. The van der Waals surface area contributed by atoms with Crippen molar-refractivity contribution >= 4 is 27.3 Å². The molecule has 0 radical (unpaired) electrons. The van der Waals surface area contributed by atoms with E-state index in [1.54, 1.807) is 12.1 Å². The van der Waals surface area contributed by atoms with Gasteiger partial charge in [-0.3, -0.25) is 0 Å². The number of carbonyl (C=O) groups is 1. The van der Waals surface area contributed by atoms with Gasteiger partial charge in [-0.05, 0) is 31.0 Å². The van der Waals surface area contributed by atoms with Crippen LogP contribution in [0, 0.1) is 6.92 Å². The zero-order chi connectivity index (χ0) is 23.4. The number of hydrogen-bond acceptors (Lipinski definition) is 7. The van der Waals surface area contributed by atoms with Crippen molar-refractivity contribution < 1.29 is 22.7 Å². The number of morpholine rings is 1. The Morgan fingerprint density at radius 3 is 2.58 bits per heavy atom. The highest BCUT2D eigenvalue weighted by molar-refractivity contribution is 7.89. The van der Waals surface area contributed by atoms with Gasteiger partial charge in [0.1, 0.15) is 11.6 Å². The maximum absolute atomic E-state index is 13.2. The summed E-state index contributed by atoms with van der Waals surface area (Å²) in [4.78, 5) is 18.4. The van der Waals surface area contributed by atoms with Crippen molar-refractivity contribution in [3.8, 4) is 10.6 Å². The minimum absolute atomic E-state index is 0.0796. The Bertz CT molecular complexity index is 1230. The number of esters is 1. The van der Waals surface area contributed by atoms with Gasteiger partial charge < -0.3 is 9.47 Å². The summed E-state index contributed by atoms with van der Waals surface area (Å²) in [6, 6.07) is 14.6. The lowest BCUT2D eigenvalue weighted by Gasteiger charge is -2.27. The van der Waals surface area contributed by atoms with Gasteiger partial charge in [0.25, 0.3) is 0 Å². The van der Waals surface area contributed by atoms with E-state index in [4.69, 9.17) is 9.47 Å². The summed E-state index contributed by atoms with van der Waals surface area (Å²) in [7, 11) is -3.72. The molecule has 1 aromatic heterocycles. The van der Waals surface area contributed by atoms with E-state index in [1.165, 1.54) is 21.7 Å². The fourth-order valence-electron chi connectivity index (χ4n) is 3.62. The van der Waals surface area contributed by atoms with E-state index in [0.29, 0.717) is 38.3 Å². The Balaban J connectivity index is 1.52. The number of thiazole rings is 1. The largest absolute Gasteiger partial charge is 0.456 e. The van der Waals surface area contributed by atoms with Crippen molar-refractivity contribution in [3.05, 3.63) is 70.2 Å². The molecule has 33 heavy (non-hydrogen) atoms. The van der Waals surface area contributed by atoms with Crippen LogP contribution in [0.25, 0.3) is 10.6 Å². The molecule has 1 aliphatic rings. The van der Waals surface area contributed by atoms with Crippen LogP contribution in [-0.2, 0) is 32.5 Å². The molecule has 1 aliphatic heterocycles. The summed E-state index contributed by atoms with van der Waals surface area (Å²) < 4.78 is 38.7. The molecular formula is C24H26N2O5S2. The highest BCUT2D eigenvalue weighted by Gasteiger charge is 2.29. The first kappa shape index (κ1) is 23.6. The number of benzene rings is 2. The Kier molecular flexibility index (Phi) is 7.23. The molecule has 2 aromatic carbocycles. The number of rotatable bonds is 7. The van der Waals surface area contributed by atoms with Crippen LogP contribution < -0.4 is 0 Å². The van der Waals surface area contributed by atoms with Gasteiger partial charge in [-0.2, -0.15) is 4.31 Å². The SMILES string of the molecule is CCc1ccc(C(=O)OCc2sc(-c3ccccc3)nc2C)cc1S(=O)(=O)N1CCOCC1. The predicted molar refractivity (Wildman–Crippen MR) is 127 cm³/mol. The van der Waals surface area contributed by atoms with Crippen molar-refractivity contribution in [1.29, 1.82) is 0 Å². The van der Waals surface area contributed by atoms with Gasteiger partial charge in [0.15, 0.2) is 0 Å². The molecule has 1 saturated heterocycles. The molecule has 0 saturated carbocycles. The molecule has 7 nitrogen and oxygen atoms in total. The zero-order valence-electron chi connectivity index (χ0n) is 18.6. The number of aromatic nitrogens is 1. The van der Waals surface area contributed by atoms with E-state index in [0.717, 1.165) is 21.1 Å². The van der Waals surface area contributed by atoms with Gasteiger partial charge in [0, 0.05) is 18.7 Å². The Morgan fingerprint density at radius 1 is 1.15 bits per heavy atom. The number of hydrogen-bond donors (Lipinski definition) is 0. The highest BCUT2D eigenvalue weighted by Crippen LogP contribution is 2.29. The van der Waals surface area contributed by atoms with E-state index in [9.17, 15) is 13.2 Å². The summed E-state index contributed by atoms with van der Waals surface area (Å²) in [6.07, 6.45) is 0.538. The average Bonchev–Trinajstić information content (AvgIpc) is 3.23. The van der Waals surface area contributed by atoms with Gasteiger partial charge >= 0.3 is 5.97 Å². The van der Waals surface area contributed by atoms with Gasteiger partial charge in [0.2, 0.25) is 10.0 Å². The first-order valence-electron chi connectivity index (χ1n) is 10.8. The maximum atomic E-state index is 13.2. The second kappa shape index (κ2) is 10.1. The summed E-state index contributed by atoms with van der Waals surface area (Å²) >= 11 is 1.48. The molecule has 1 fully saturated rings. The average molecular weight is 487 g/mol. The molecule has 0 aliphatic carbocycles. The van der Waals surface area contributed by atoms with E-state index in [2.05, 4.69) is 4.98 Å². The van der Waals surface area contributed by atoms with Gasteiger partial charge in [0.05, 0.1) is 34.2 Å². The lowest BCUT2D eigenvalue weighted by Crippen LogP contribution is -2.41. The minimum Gasteiger partial charge on any atom is -0.456 e. The van der Waals surface area contributed by atoms with Crippen molar-refractivity contribution in [2.24, 2.45) is 0 Å². The lowest BCUT2D eigenvalue weighted by molar-refractivity contribution is 0.0475. The smallest absolute Gasteiger partial charge is 0.338 e. The lowest BCUT2D eigenvalue weighted by atomic mass is 10.1. The van der Waals surface area contributed by atoms with Crippen LogP contribution in [-0.4, -0.2) is 50.0 Å². The number of nitrogens with zero attached hydrogens (tertiary/aromatic N) is 2. The van der Waals surface area contributed by atoms with Crippen molar-refractivity contribution in [2.75, 3.05) is 26.3 Å². The zero-order valence-corrected chi connectivity index (χ0v) is 20.2. The normalized spacial score (nSPS) is 14.8. The second-order valence-electron chi connectivity index (χ2n) is 7.66. The molecule has 4 rings (SSSR count). The van der Waals surface area contributed by atoms with Crippen molar-refractivity contribution in [1.82, 2.24) is 9.29 Å². The fraction of sp³-hybridized carbons (Fsp3) is 0.333. The van der Waals surface area contributed by atoms with Crippen molar-refractivity contribution in [2.45, 2.75) is 31.8 Å². The van der Waals surface area contributed by atoms with E-state index in [-0.39, 0.29) is 17.1 Å². The molecule has 0 unspecified atom stereocenters. The molecule has 0 spiro atoms. The van der Waals surface area contributed by atoms with Gasteiger partial charge in [-0.25, -0.2) is 18.2 Å². The maximum Gasteiger partial charge on any atom is 0.338 e. The molecule has 2 heterocycles. The first-order valence-corrected chi connectivity index (χ1v) is 13.1. The third-order valence-corrected chi connectivity index (χ3v) is 8.68. The number of aryl methyl sites for hydroxylation is 2. The Morgan fingerprint density at radius 2 is 1.88 bits per heavy atom. The molecule has 174 valence electrons. The monoisotopic (exact) mass is 486 g/mol. The van der Waals surface area contributed by atoms with E-state index in [1.807, 2.05) is 44.2 Å². The summed E-state index contributed by atoms with van der Waals surface area (Å²) in [5, 5.41) is 0.866. The van der Waals surface area contributed by atoms with Crippen LogP contribution in [0.2, 0.25) is 0 Å². The Hall–Kier alpha value is -2.59. The highest BCUT2D eigenvalue weighted by atomic mass is 32.2. The third-order valence-electron chi connectivity index (χ3n) is 5.52. The molecule has 0 N–H and O–H groups in total. The first-order chi connectivity index (χ1) is 15.9. The predicted octanol–water partition coefficient (Wildman–Crippen LogP) is 4.06.